The Kier molecular flexibility index (Phi) is 1.90. The fourth-order valence-electron chi connectivity index (χ4n) is 0.962. The van der Waals surface area contributed by atoms with Crippen LogP contribution >= 0.6 is 0 Å². The first-order valence-corrected chi connectivity index (χ1v) is 3.89. The Morgan fingerprint density at radius 3 is 2.45 bits per heavy atom. The summed E-state index contributed by atoms with van der Waals surface area (Å²) in [5.74, 6) is 2.57. The highest BCUT2D eigenvalue weighted by Crippen LogP contribution is 2.44. The van der Waals surface area contributed by atoms with Crippen molar-refractivity contribution < 1.29 is 4.79 Å². The summed E-state index contributed by atoms with van der Waals surface area (Å²) in [4.78, 5) is 11.3. The summed E-state index contributed by atoms with van der Waals surface area (Å²) in [7, 11) is 0. The van der Waals surface area contributed by atoms with E-state index in [1.54, 1.807) is 0 Å². The van der Waals surface area contributed by atoms with E-state index in [2.05, 4.69) is 11.2 Å². The molecule has 2 nitrogen and oxygen atoms in total. The molecule has 0 saturated heterocycles. The van der Waals surface area contributed by atoms with Crippen LogP contribution < -0.4 is 5.32 Å². The van der Waals surface area contributed by atoms with Gasteiger partial charge in [-0.3, -0.25) is 4.79 Å². The van der Waals surface area contributed by atoms with Crippen LogP contribution in [0.15, 0.2) is 0 Å². The van der Waals surface area contributed by atoms with Crippen molar-refractivity contribution in [3.05, 3.63) is 0 Å². The summed E-state index contributed by atoms with van der Waals surface area (Å²) < 4.78 is 0. The van der Waals surface area contributed by atoms with Gasteiger partial charge in [-0.05, 0) is 26.7 Å². The Balaban J connectivity index is 2.50. The standard InChI is InChI=1S/C9H13NO/c1-4-9(5-6-9)8(11)10-7(2)3/h1,7H,5-6H2,2-3H3,(H,10,11). The highest BCUT2D eigenvalue weighted by Gasteiger charge is 2.48. The van der Waals surface area contributed by atoms with E-state index < -0.39 is 5.41 Å². The average molecular weight is 151 g/mol. The van der Waals surface area contributed by atoms with Crippen molar-refractivity contribution in [2.75, 3.05) is 0 Å². The molecular weight excluding hydrogens is 138 g/mol. The van der Waals surface area contributed by atoms with Crippen molar-refractivity contribution >= 4 is 5.91 Å². The molecule has 1 saturated carbocycles. The molecule has 0 atom stereocenters. The fraction of sp³-hybridized carbons (Fsp3) is 0.667. The van der Waals surface area contributed by atoms with Gasteiger partial charge in [0, 0.05) is 6.04 Å². The molecule has 0 aliphatic heterocycles. The maximum Gasteiger partial charge on any atom is 0.238 e. The fourth-order valence-corrected chi connectivity index (χ4v) is 0.962. The van der Waals surface area contributed by atoms with E-state index in [4.69, 9.17) is 6.42 Å². The van der Waals surface area contributed by atoms with Crippen LogP contribution in [0.4, 0.5) is 0 Å². The SMILES string of the molecule is C#CC1(C(=O)NC(C)C)CC1. The van der Waals surface area contributed by atoms with Crippen molar-refractivity contribution in [1.29, 1.82) is 0 Å². The van der Waals surface area contributed by atoms with Crippen molar-refractivity contribution in [3.8, 4) is 12.3 Å². The normalized spacial score (nSPS) is 19.1. The monoisotopic (exact) mass is 151 g/mol. The number of hydrogen-bond donors (Lipinski definition) is 1. The molecule has 1 N–H and O–H groups in total. The predicted molar refractivity (Wildman–Crippen MR) is 43.8 cm³/mol. The van der Waals surface area contributed by atoms with Crippen LogP contribution in [-0.4, -0.2) is 11.9 Å². The first-order chi connectivity index (χ1) is 5.10. The van der Waals surface area contributed by atoms with Gasteiger partial charge in [-0.1, -0.05) is 5.92 Å². The summed E-state index contributed by atoms with van der Waals surface area (Å²) in [6, 6.07) is 0.188. The molecule has 1 aliphatic rings. The van der Waals surface area contributed by atoms with E-state index in [9.17, 15) is 4.79 Å². The Hall–Kier alpha value is -0.970. The lowest BCUT2D eigenvalue weighted by Crippen LogP contribution is -2.36. The highest BCUT2D eigenvalue weighted by atomic mass is 16.2. The maximum absolute atomic E-state index is 11.3. The quantitative estimate of drug-likeness (QED) is 0.584. The molecule has 0 aromatic heterocycles. The Labute approximate surface area is 67.4 Å². The molecule has 0 aromatic carbocycles. The minimum atomic E-state index is -0.440. The zero-order chi connectivity index (χ0) is 8.48. The maximum atomic E-state index is 11.3. The van der Waals surface area contributed by atoms with Crippen molar-refractivity contribution in [3.63, 3.8) is 0 Å². The largest absolute Gasteiger partial charge is 0.353 e. The molecule has 1 rings (SSSR count). The van der Waals surface area contributed by atoms with Gasteiger partial charge in [0.05, 0.1) is 0 Å². The predicted octanol–water partition coefficient (Wildman–Crippen LogP) is 0.924. The van der Waals surface area contributed by atoms with Crippen molar-refractivity contribution in [2.45, 2.75) is 32.7 Å². The first kappa shape index (κ1) is 8.13. The smallest absolute Gasteiger partial charge is 0.238 e. The number of rotatable bonds is 2. The van der Waals surface area contributed by atoms with Crippen LogP contribution in [0.2, 0.25) is 0 Å². The Bertz CT molecular complexity index is 208. The molecule has 0 spiro atoms. The summed E-state index contributed by atoms with van der Waals surface area (Å²) in [6.07, 6.45) is 6.93. The number of amides is 1. The van der Waals surface area contributed by atoms with Gasteiger partial charge in [-0.2, -0.15) is 0 Å². The van der Waals surface area contributed by atoms with Crippen LogP contribution in [0.1, 0.15) is 26.7 Å². The van der Waals surface area contributed by atoms with Crippen LogP contribution in [0.5, 0.6) is 0 Å². The molecular formula is C9H13NO. The molecule has 11 heavy (non-hydrogen) atoms. The zero-order valence-corrected chi connectivity index (χ0v) is 6.98. The number of carbonyl (C=O) groups is 1. The first-order valence-electron chi connectivity index (χ1n) is 3.89. The average Bonchev–Trinajstić information content (AvgIpc) is 2.65. The van der Waals surface area contributed by atoms with E-state index in [-0.39, 0.29) is 11.9 Å². The van der Waals surface area contributed by atoms with Gasteiger partial charge in [-0.15, -0.1) is 6.42 Å². The Morgan fingerprint density at radius 2 is 2.18 bits per heavy atom. The number of nitrogens with one attached hydrogen (secondary N) is 1. The molecule has 1 amide bonds. The van der Waals surface area contributed by atoms with Crippen LogP contribution in [0.3, 0.4) is 0 Å². The van der Waals surface area contributed by atoms with E-state index in [0.29, 0.717) is 0 Å². The third kappa shape index (κ3) is 1.54. The summed E-state index contributed by atoms with van der Waals surface area (Å²) in [5, 5.41) is 2.82. The Morgan fingerprint density at radius 1 is 1.64 bits per heavy atom. The second kappa shape index (κ2) is 2.58. The third-order valence-electron chi connectivity index (χ3n) is 1.88. The highest BCUT2D eigenvalue weighted by molar-refractivity contribution is 5.88. The molecule has 0 heterocycles. The molecule has 0 bridgehead atoms. The van der Waals surface area contributed by atoms with Gasteiger partial charge in [-0.25, -0.2) is 0 Å². The van der Waals surface area contributed by atoms with Crippen molar-refractivity contribution in [2.24, 2.45) is 5.41 Å². The lowest BCUT2D eigenvalue weighted by molar-refractivity contribution is -0.124. The third-order valence-corrected chi connectivity index (χ3v) is 1.88. The number of terminal acetylenes is 1. The lowest BCUT2D eigenvalue weighted by atomic mass is 10.1. The van der Waals surface area contributed by atoms with Crippen LogP contribution in [-0.2, 0) is 4.79 Å². The van der Waals surface area contributed by atoms with Gasteiger partial charge in [0.25, 0.3) is 0 Å². The second-order valence-electron chi connectivity index (χ2n) is 3.35. The summed E-state index contributed by atoms with van der Waals surface area (Å²) in [6.45, 7) is 3.87. The van der Waals surface area contributed by atoms with Gasteiger partial charge < -0.3 is 5.32 Å². The van der Waals surface area contributed by atoms with Gasteiger partial charge in [0.15, 0.2) is 0 Å². The molecule has 1 fully saturated rings. The zero-order valence-electron chi connectivity index (χ0n) is 6.98. The van der Waals surface area contributed by atoms with Gasteiger partial charge in [0.2, 0.25) is 5.91 Å². The van der Waals surface area contributed by atoms with Gasteiger partial charge in [0.1, 0.15) is 5.41 Å². The molecule has 2 heteroatoms. The minimum Gasteiger partial charge on any atom is -0.353 e. The van der Waals surface area contributed by atoms with Crippen LogP contribution in [0.25, 0.3) is 0 Å². The van der Waals surface area contributed by atoms with E-state index in [1.165, 1.54) is 0 Å². The molecule has 0 radical (unpaired) electrons. The van der Waals surface area contributed by atoms with Crippen molar-refractivity contribution in [1.82, 2.24) is 5.32 Å². The van der Waals surface area contributed by atoms with E-state index in [0.717, 1.165) is 12.8 Å². The second-order valence-corrected chi connectivity index (χ2v) is 3.35. The minimum absolute atomic E-state index is 0.0231. The molecule has 60 valence electrons. The molecule has 1 aliphatic carbocycles. The summed E-state index contributed by atoms with van der Waals surface area (Å²) in [5.41, 5.74) is -0.440. The molecule has 0 aromatic rings. The molecule has 0 unspecified atom stereocenters. The summed E-state index contributed by atoms with van der Waals surface area (Å²) >= 11 is 0. The topological polar surface area (TPSA) is 29.1 Å². The van der Waals surface area contributed by atoms with E-state index in [1.807, 2.05) is 13.8 Å². The number of hydrogen-bond acceptors (Lipinski definition) is 1. The number of carbonyl (C=O) groups excluding carboxylic acids is 1. The lowest BCUT2D eigenvalue weighted by Gasteiger charge is -2.11. The van der Waals surface area contributed by atoms with Gasteiger partial charge >= 0.3 is 0 Å². The van der Waals surface area contributed by atoms with E-state index >= 15 is 0 Å². The van der Waals surface area contributed by atoms with Crippen LogP contribution in [0, 0.1) is 17.8 Å².